The standard InChI is InChI=1S/C26H29N3O3S/c1-4-6-20-13-18(5-2)14-22(25(20)32-12-11-23-17(3)28-16-33-23)24(26(30)31)29-21-9-7-19(15-27)8-10-21/h7-10,13-14,16,24,29H,4-6,11-12H2,1-3H3,(H,30,31)/t24-/m1/s1. The molecule has 6 nitrogen and oxygen atoms in total. The zero-order valence-corrected chi connectivity index (χ0v) is 20.0. The van der Waals surface area contributed by atoms with Gasteiger partial charge < -0.3 is 15.2 Å². The Balaban J connectivity index is 1.97. The van der Waals surface area contributed by atoms with E-state index in [0.29, 0.717) is 29.2 Å². The Labute approximate surface area is 198 Å². The maximum absolute atomic E-state index is 12.4. The molecule has 0 amide bonds. The van der Waals surface area contributed by atoms with Crippen LogP contribution in [0.4, 0.5) is 5.69 Å². The van der Waals surface area contributed by atoms with Gasteiger partial charge in [-0.15, -0.1) is 11.3 Å². The van der Waals surface area contributed by atoms with Gasteiger partial charge in [0.2, 0.25) is 0 Å². The molecular formula is C26H29N3O3S. The average Bonchev–Trinajstić information content (AvgIpc) is 3.23. The molecule has 0 unspecified atom stereocenters. The highest BCUT2D eigenvalue weighted by atomic mass is 32.1. The molecule has 0 aliphatic heterocycles. The summed E-state index contributed by atoms with van der Waals surface area (Å²) in [6.45, 7) is 6.59. The van der Waals surface area contributed by atoms with Crippen LogP contribution in [0.2, 0.25) is 0 Å². The fourth-order valence-electron chi connectivity index (χ4n) is 3.72. The molecule has 1 aromatic heterocycles. The normalized spacial score (nSPS) is 11.6. The van der Waals surface area contributed by atoms with Gasteiger partial charge in [0.15, 0.2) is 6.04 Å². The number of hydrogen-bond acceptors (Lipinski definition) is 6. The highest BCUT2D eigenvalue weighted by Crippen LogP contribution is 2.35. The summed E-state index contributed by atoms with van der Waals surface area (Å²) in [5, 5.41) is 22.3. The number of ether oxygens (including phenoxy) is 1. The van der Waals surface area contributed by atoms with Gasteiger partial charge in [-0.1, -0.05) is 26.3 Å². The molecule has 3 aromatic rings. The quantitative estimate of drug-likeness (QED) is 0.379. The molecule has 0 fully saturated rings. The Hall–Kier alpha value is -3.37. The molecule has 0 aliphatic carbocycles. The number of benzene rings is 2. The van der Waals surface area contributed by atoms with Crippen LogP contribution < -0.4 is 10.1 Å². The molecule has 0 aliphatic rings. The van der Waals surface area contributed by atoms with Crippen molar-refractivity contribution >= 4 is 23.0 Å². The second kappa shape index (κ2) is 11.5. The first kappa shape index (κ1) is 24.3. The van der Waals surface area contributed by atoms with Crippen LogP contribution in [0.15, 0.2) is 41.9 Å². The summed E-state index contributed by atoms with van der Waals surface area (Å²) in [6, 6.07) is 11.9. The van der Waals surface area contributed by atoms with Crippen molar-refractivity contribution in [2.75, 3.05) is 11.9 Å². The van der Waals surface area contributed by atoms with Gasteiger partial charge in [0.05, 0.1) is 29.4 Å². The number of nitriles is 1. The molecule has 33 heavy (non-hydrogen) atoms. The third kappa shape index (κ3) is 6.11. The maximum atomic E-state index is 12.4. The number of thiazole rings is 1. The number of nitrogens with zero attached hydrogens (tertiary/aromatic N) is 2. The Morgan fingerprint density at radius 1 is 1.24 bits per heavy atom. The first-order chi connectivity index (χ1) is 16.0. The van der Waals surface area contributed by atoms with Gasteiger partial charge in [0.1, 0.15) is 5.75 Å². The number of carboxylic acids is 1. The predicted molar refractivity (Wildman–Crippen MR) is 131 cm³/mol. The molecule has 0 saturated carbocycles. The predicted octanol–water partition coefficient (Wildman–Crippen LogP) is 5.70. The minimum Gasteiger partial charge on any atom is -0.493 e. The number of aryl methyl sites for hydroxylation is 3. The summed E-state index contributed by atoms with van der Waals surface area (Å²) in [7, 11) is 0. The van der Waals surface area contributed by atoms with Crippen LogP contribution in [0, 0.1) is 18.3 Å². The molecular weight excluding hydrogens is 434 g/mol. The molecule has 7 heteroatoms. The molecule has 1 heterocycles. The Morgan fingerprint density at radius 3 is 2.58 bits per heavy atom. The second-order valence-electron chi connectivity index (χ2n) is 7.84. The van der Waals surface area contributed by atoms with E-state index in [1.165, 1.54) is 4.88 Å². The van der Waals surface area contributed by atoms with Crippen LogP contribution in [-0.4, -0.2) is 22.7 Å². The van der Waals surface area contributed by atoms with Gasteiger partial charge in [-0.2, -0.15) is 5.26 Å². The highest BCUT2D eigenvalue weighted by Gasteiger charge is 2.26. The SMILES string of the molecule is CCCc1cc(CC)cc([C@@H](Nc2ccc(C#N)cc2)C(=O)O)c1OCCc1scnc1C. The van der Waals surface area contributed by atoms with Gasteiger partial charge in [-0.3, -0.25) is 0 Å². The summed E-state index contributed by atoms with van der Waals surface area (Å²) < 4.78 is 6.29. The Kier molecular flexibility index (Phi) is 8.45. The largest absolute Gasteiger partial charge is 0.493 e. The van der Waals surface area contributed by atoms with Crippen LogP contribution in [0.1, 0.15) is 59.1 Å². The first-order valence-corrected chi connectivity index (χ1v) is 12.0. The van der Waals surface area contributed by atoms with Crippen LogP contribution in [0.25, 0.3) is 0 Å². The van der Waals surface area contributed by atoms with Gasteiger partial charge in [0, 0.05) is 22.5 Å². The molecule has 1 atom stereocenters. The van der Waals surface area contributed by atoms with Gasteiger partial charge in [-0.25, -0.2) is 9.78 Å². The lowest BCUT2D eigenvalue weighted by Crippen LogP contribution is -2.22. The lowest BCUT2D eigenvalue weighted by Gasteiger charge is -2.23. The summed E-state index contributed by atoms with van der Waals surface area (Å²) >= 11 is 1.60. The van der Waals surface area contributed by atoms with E-state index in [9.17, 15) is 9.90 Å². The fraction of sp³-hybridized carbons (Fsp3) is 0.346. The lowest BCUT2D eigenvalue weighted by atomic mass is 9.95. The molecule has 2 aromatic carbocycles. The number of rotatable bonds is 11. The number of hydrogen-bond donors (Lipinski definition) is 2. The Bertz CT molecular complexity index is 1130. The zero-order valence-electron chi connectivity index (χ0n) is 19.2. The maximum Gasteiger partial charge on any atom is 0.330 e. The van der Waals surface area contributed by atoms with Crippen molar-refractivity contribution < 1.29 is 14.6 Å². The molecule has 0 bridgehead atoms. The van der Waals surface area contributed by atoms with Crippen molar-refractivity contribution in [1.29, 1.82) is 5.26 Å². The third-order valence-electron chi connectivity index (χ3n) is 5.49. The molecule has 0 radical (unpaired) electrons. The van der Waals surface area contributed by atoms with E-state index in [-0.39, 0.29) is 0 Å². The third-order valence-corrected chi connectivity index (χ3v) is 6.48. The smallest absolute Gasteiger partial charge is 0.330 e. The summed E-state index contributed by atoms with van der Waals surface area (Å²) in [6.07, 6.45) is 3.25. The fourth-order valence-corrected chi connectivity index (χ4v) is 4.49. The zero-order chi connectivity index (χ0) is 23.8. The van der Waals surface area contributed by atoms with Crippen LogP contribution in [0.3, 0.4) is 0 Å². The highest BCUT2D eigenvalue weighted by molar-refractivity contribution is 7.09. The number of aromatic nitrogens is 1. The number of carboxylic acid groups (broad SMARTS) is 1. The monoisotopic (exact) mass is 463 g/mol. The molecule has 0 saturated heterocycles. The Morgan fingerprint density at radius 2 is 2.00 bits per heavy atom. The van der Waals surface area contributed by atoms with E-state index >= 15 is 0 Å². The van der Waals surface area contributed by atoms with E-state index in [0.717, 1.165) is 42.5 Å². The first-order valence-electron chi connectivity index (χ1n) is 11.1. The van der Waals surface area contributed by atoms with E-state index in [4.69, 9.17) is 10.00 Å². The van der Waals surface area contributed by atoms with E-state index in [1.54, 1.807) is 35.6 Å². The van der Waals surface area contributed by atoms with Crippen molar-refractivity contribution in [3.05, 3.63) is 74.7 Å². The van der Waals surface area contributed by atoms with Crippen molar-refractivity contribution in [3.63, 3.8) is 0 Å². The van der Waals surface area contributed by atoms with E-state index in [1.807, 2.05) is 18.5 Å². The average molecular weight is 464 g/mol. The van der Waals surface area contributed by atoms with Gasteiger partial charge in [-0.05, 0) is 61.2 Å². The van der Waals surface area contributed by atoms with E-state index < -0.39 is 12.0 Å². The minimum atomic E-state index is -0.988. The van der Waals surface area contributed by atoms with Crippen molar-refractivity contribution in [2.45, 2.75) is 52.5 Å². The lowest BCUT2D eigenvalue weighted by molar-refractivity contribution is -0.138. The van der Waals surface area contributed by atoms with Crippen LogP contribution in [-0.2, 0) is 24.1 Å². The summed E-state index contributed by atoms with van der Waals surface area (Å²) in [5.41, 5.74) is 6.71. The van der Waals surface area contributed by atoms with Crippen molar-refractivity contribution in [2.24, 2.45) is 0 Å². The minimum absolute atomic E-state index is 0.446. The summed E-state index contributed by atoms with van der Waals surface area (Å²) in [4.78, 5) is 17.8. The molecule has 0 spiro atoms. The van der Waals surface area contributed by atoms with Crippen LogP contribution >= 0.6 is 11.3 Å². The van der Waals surface area contributed by atoms with Gasteiger partial charge >= 0.3 is 5.97 Å². The second-order valence-corrected chi connectivity index (χ2v) is 8.78. The van der Waals surface area contributed by atoms with Gasteiger partial charge in [0.25, 0.3) is 0 Å². The van der Waals surface area contributed by atoms with E-state index in [2.05, 4.69) is 36.3 Å². The topological polar surface area (TPSA) is 95.2 Å². The number of nitrogens with one attached hydrogen (secondary N) is 1. The molecule has 3 rings (SSSR count). The van der Waals surface area contributed by atoms with Crippen molar-refractivity contribution in [1.82, 2.24) is 4.98 Å². The molecule has 172 valence electrons. The number of anilines is 1. The van der Waals surface area contributed by atoms with Crippen molar-refractivity contribution in [3.8, 4) is 11.8 Å². The molecule has 2 N–H and O–H groups in total. The number of aliphatic carboxylic acids is 1. The summed E-state index contributed by atoms with van der Waals surface area (Å²) in [5.74, 6) is -0.344. The van der Waals surface area contributed by atoms with Crippen LogP contribution in [0.5, 0.6) is 5.75 Å². The number of carbonyl (C=O) groups is 1.